The van der Waals surface area contributed by atoms with Crippen LogP contribution in [0, 0.1) is 11.8 Å². The lowest BCUT2D eigenvalue weighted by molar-refractivity contribution is -0.107. The maximum absolute atomic E-state index is 10.2. The summed E-state index contributed by atoms with van der Waals surface area (Å²) in [5.74, 6) is 5.94. The first kappa shape index (κ1) is 13.0. The fraction of sp³-hybridized carbons (Fsp3) is 0.500. The van der Waals surface area contributed by atoms with Crippen molar-refractivity contribution in [2.45, 2.75) is 45.4 Å². The number of unbranched alkanes of at least 4 members (excludes halogenated alkanes) is 3. The fourth-order valence-electron chi connectivity index (χ4n) is 1.56. The molecule has 1 aromatic heterocycles. The Morgan fingerprint density at radius 2 is 2.25 bits per heavy atom. The summed E-state index contributed by atoms with van der Waals surface area (Å²) in [6.45, 7) is 2.22. The van der Waals surface area contributed by atoms with Crippen LogP contribution in [0.3, 0.4) is 0 Å². The van der Waals surface area contributed by atoms with Crippen molar-refractivity contribution in [1.29, 1.82) is 0 Å². The molecular formula is C14H18OS. The van der Waals surface area contributed by atoms with Crippen LogP contribution in [0.5, 0.6) is 0 Å². The quantitative estimate of drug-likeness (QED) is 0.415. The molecule has 0 unspecified atom stereocenters. The molecule has 86 valence electrons. The predicted molar refractivity (Wildman–Crippen MR) is 69.7 cm³/mol. The second kappa shape index (κ2) is 8.13. The highest BCUT2D eigenvalue weighted by atomic mass is 32.1. The summed E-state index contributed by atoms with van der Waals surface area (Å²) < 4.78 is 0. The molecule has 0 amide bonds. The Bertz CT molecular complexity index is 368. The van der Waals surface area contributed by atoms with Gasteiger partial charge in [0.25, 0.3) is 0 Å². The molecule has 0 atom stereocenters. The minimum Gasteiger partial charge on any atom is -0.302 e. The first-order chi connectivity index (χ1) is 7.88. The average Bonchev–Trinajstić information content (AvgIpc) is 2.73. The molecule has 0 aliphatic heterocycles. The molecule has 0 aliphatic carbocycles. The first-order valence-corrected chi connectivity index (χ1v) is 6.75. The molecule has 1 heterocycles. The zero-order chi connectivity index (χ0) is 11.6. The van der Waals surface area contributed by atoms with Gasteiger partial charge in [0.1, 0.15) is 6.29 Å². The molecule has 0 N–H and O–H groups in total. The van der Waals surface area contributed by atoms with E-state index in [1.807, 2.05) is 0 Å². The summed E-state index contributed by atoms with van der Waals surface area (Å²) in [5, 5.41) is 2.08. The third-order valence-corrected chi connectivity index (χ3v) is 3.31. The van der Waals surface area contributed by atoms with Crippen LogP contribution in [0.4, 0.5) is 0 Å². The van der Waals surface area contributed by atoms with E-state index in [9.17, 15) is 4.79 Å². The predicted octanol–water partition coefficient (Wildman–Crippen LogP) is 3.81. The summed E-state index contributed by atoms with van der Waals surface area (Å²) in [6, 6.07) is 2.15. The third kappa shape index (κ3) is 4.63. The van der Waals surface area contributed by atoms with Gasteiger partial charge in [-0.25, -0.2) is 0 Å². The second-order valence-electron chi connectivity index (χ2n) is 3.76. The van der Waals surface area contributed by atoms with Crippen molar-refractivity contribution in [1.82, 2.24) is 0 Å². The molecular weight excluding hydrogens is 216 g/mol. The van der Waals surface area contributed by atoms with E-state index in [0.29, 0.717) is 6.42 Å². The number of thiophene rings is 1. The molecule has 0 fully saturated rings. The molecule has 0 radical (unpaired) electrons. The van der Waals surface area contributed by atoms with E-state index in [1.165, 1.54) is 31.2 Å². The van der Waals surface area contributed by atoms with Gasteiger partial charge in [0.05, 0.1) is 11.3 Å². The highest BCUT2D eigenvalue weighted by Crippen LogP contribution is 2.18. The van der Waals surface area contributed by atoms with Gasteiger partial charge in [0.2, 0.25) is 0 Å². The number of hydrogen-bond acceptors (Lipinski definition) is 2. The van der Waals surface area contributed by atoms with Crippen molar-refractivity contribution in [3.05, 3.63) is 21.9 Å². The lowest BCUT2D eigenvalue weighted by atomic mass is 10.1. The number of carbonyl (C=O) groups is 1. The van der Waals surface area contributed by atoms with E-state index in [-0.39, 0.29) is 0 Å². The minimum absolute atomic E-state index is 0.340. The van der Waals surface area contributed by atoms with Crippen LogP contribution in [-0.2, 0) is 11.2 Å². The molecule has 16 heavy (non-hydrogen) atoms. The molecule has 0 saturated heterocycles. The molecule has 1 nitrogen and oxygen atoms in total. The van der Waals surface area contributed by atoms with Gasteiger partial charge in [-0.05, 0) is 29.9 Å². The zero-order valence-corrected chi connectivity index (χ0v) is 10.6. The topological polar surface area (TPSA) is 17.1 Å². The summed E-state index contributed by atoms with van der Waals surface area (Å²) in [7, 11) is 0. The minimum atomic E-state index is 0.340. The second-order valence-corrected chi connectivity index (χ2v) is 4.67. The molecule has 0 aliphatic rings. The van der Waals surface area contributed by atoms with E-state index < -0.39 is 0 Å². The molecule has 0 aromatic carbocycles. The van der Waals surface area contributed by atoms with Crippen LogP contribution < -0.4 is 0 Å². The van der Waals surface area contributed by atoms with Crippen molar-refractivity contribution in [2.75, 3.05) is 0 Å². The largest absolute Gasteiger partial charge is 0.302 e. The van der Waals surface area contributed by atoms with Crippen LogP contribution in [0.1, 0.15) is 49.5 Å². The maximum Gasteiger partial charge on any atom is 0.131 e. The van der Waals surface area contributed by atoms with Gasteiger partial charge in [-0.1, -0.05) is 38.0 Å². The van der Waals surface area contributed by atoms with Gasteiger partial charge in [-0.15, -0.1) is 11.3 Å². The molecule has 2 heteroatoms. The van der Waals surface area contributed by atoms with Crippen LogP contribution in [0.2, 0.25) is 0 Å². The Hall–Kier alpha value is -1.07. The molecule has 1 rings (SSSR count). The van der Waals surface area contributed by atoms with Crippen LogP contribution in [-0.4, -0.2) is 6.29 Å². The van der Waals surface area contributed by atoms with Crippen molar-refractivity contribution >= 4 is 17.6 Å². The van der Waals surface area contributed by atoms with Crippen LogP contribution in [0.15, 0.2) is 11.4 Å². The SMILES string of the molecule is CCCCCCc1ccsc1C#CCC=O. The van der Waals surface area contributed by atoms with Gasteiger partial charge in [0, 0.05) is 0 Å². The van der Waals surface area contributed by atoms with E-state index in [0.717, 1.165) is 17.6 Å². The average molecular weight is 234 g/mol. The fourth-order valence-corrected chi connectivity index (χ4v) is 2.38. The summed E-state index contributed by atoms with van der Waals surface area (Å²) in [6.07, 6.45) is 7.44. The van der Waals surface area contributed by atoms with Gasteiger partial charge < -0.3 is 4.79 Å². The lowest BCUT2D eigenvalue weighted by Crippen LogP contribution is -1.86. The standard InChI is InChI=1S/C14H18OS/c1-2-3-4-5-8-13-10-12-16-14(13)9-6-7-11-15/h10-12H,2-5,7-8H2,1H3. The maximum atomic E-state index is 10.2. The van der Waals surface area contributed by atoms with Crippen molar-refractivity contribution < 1.29 is 4.79 Å². The van der Waals surface area contributed by atoms with Gasteiger partial charge in [-0.2, -0.15) is 0 Å². The van der Waals surface area contributed by atoms with Crippen molar-refractivity contribution in [2.24, 2.45) is 0 Å². The third-order valence-electron chi connectivity index (χ3n) is 2.43. The Morgan fingerprint density at radius 3 is 3.00 bits per heavy atom. The van der Waals surface area contributed by atoms with Crippen LogP contribution >= 0.6 is 11.3 Å². The van der Waals surface area contributed by atoms with Crippen molar-refractivity contribution in [3.63, 3.8) is 0 Å². The van der Waals surface area contributed by atoms with Crippen molar-refractivity contribution in [3.8, 4) is 11.8 Å². The Balaban J connectivity index is 2.44. The normalized spacial score (nSPS) is 9.56. The van der Waals surface area contributed by atoms with Gasteiger partial charge in [-0.3, -0.25) is 0 Å². The number of carbonyl (C=O) groups excluding carboxylic acids is 1. The van der Waals surface area contributed by atoms with E-state index in [1.54, 1.807) is 11.3 Å². The van der Waals surface area contributed by atoms with Gasteiger partial charge >= 0.3 is 0 Å². The summed E-state index contributed by atoms with van der Waals surface area (Å²) in [5.41, 5.74) is 1.35. The smallest absolute Gasteiger partial charge is 0.131 e. The zero-order valence-electron chi connectivity index (χ0n) is 9.79. The number of aldehydes is 1. The number of aryl methyl sites for hydroxylation is 1. The van der Waals surface area contributed by atoms with Gasteiger partial charge in [0.15, 0.2) is 0 Å². The number of rotatable bonds is 6. The lowest BCUT2D eigenvalue weighted by Gasteiger charge is -1.98. The van der Waals surface area contributed by atoms with E-state index in [4.69, 9.17) is 0 Å². The molecule has 0 bridgehead atoms. The van der Waals surface area contributed by atoms with E-state index in [2.05, 4.69) is 30.2 Å². The Kier molecular flexibility index (Phi) is 6.60. The highest BCUT2D eigenvalue weighted by Gasteiger charge is 2.00. The first-order valence-electron chi connectivity index (χ1n) is 5.87. The summed E-state index contributed by atoms with van der Waals surface area (Å²) in [4.78, 5) is 11.3. The van der Waals surface area contributed by atoms with Crippen LogP contribution in [0.25, 0.3) is 0 Å². The number of hydrogen-bond donors (Lipinski definition) is 0. The molecule has 0 spiro atoms. The Labute approximate surface area is 102 Å². The monoisotopic (exact) mass is 234 g/mol. The van der Waals surface area contributed by atoms with E-state index >= 15 is 0 Å². The Morgan fingerprint density at radius 1 is 1.38 bits per heavy atom. The highest BCUT2D eigenvalue weighted by molar-refractivity contribution is 7.10. The summed E-state index contributed by atoms with van der Waals surface area (Å²) >= 11 is 1.67. The molecule has 1 aromatic rings. The molecule has 0 saturated carbocycles.